The Hall–Kier alpha value is -2.13. The molecule has 0 spiro atoms. The summed E-state index contributed by atoms with van der Waals surface area (Å²) >= 11 is 0. The lowest BCUT2D eigenvalue weighted by Gasteiger charge is -2.07. The molecule has 104 valence electrons. The average molecular weight is 270 g/mol. The molecule has 2 rings (SSSR count). The number of aromatic nitrogens is 1. The number of ether oxygens (including phenoxy) is 1. The molecule has 20 heavy (non-hydrogen) atoms. The number of rotatable bonds is 6. The van der Waals surface area contributed by atoms with E-state index in [0.717, 1.165) is 0 Å². The summed E-state index contributed by atoms with van der Waals surface area (Å²) in [5.41, 5.74) is 3.60. The molecule has 0 saturated carbocycles. The number of nitrogens with zero attached hydrogens (tertiary/aromatic N) is 1. The lowest BCUT2D eigenvalue weighted by molar-refractivity contribution is -0.880. The summed E-state index contributed by atoms with van der Waals surface area (Å²) in [6.45, 7) is 8.90. The number of hydrogen-bond donors (Lipinski definition) is 0. The summed E-state index contributed by atoms with van der Waals surface area (Å²) in [5, 5.41) is 0. The topological polar surface area (TPSA) is 22.3 Å². The fourth-order valence-electron chi connectivity index (χ4n) is 1.77. The Kier molecular flexibility index (Phi) is 4.91. The molecule has 0 radical (unpaired) electrons. The van der Waals surface area contributed by atoms with Crippen molar-refractivity contribution in [3.63, 3.8) is 0 Å². The summed E-state index contributed by atoms with van der Waals surface area (Å²) in [5.74, 6) is 0.576. The second kappa shape index (κ2) is 6.87. The average Bonchev–Trinajstić information content (AvgIpc) is 2.43. The maximum atomic E-state index is 5.62. The third kappa shape index (κ3) is 4.21. The van der Waals surface area contributed by atoms with E-state index >= 15 is 0 Å². The second-order valence-electron chi connectivity index (χ2n) is 4.78. The molecule has 0 atom stereocenters. The molecule has 0 N–H and O–H groups in total. The zero-order chi connectivity index (χ0) is 14.4. The number of benzene rings is 1. The van der Waals surface area contributed by atoms with Gasteiger partial charge >= 0.3 is 0 Å². The molecule has 3 nitrogen and oxygen atoms in total. The van der Waals surface area contributed by atoms with Crippen molar-refractivity contribution in [1.82, 2.24) is 0 Å². The standard InChI is InChI=1S/C17H20NO2/c1-14-8-10-18(11-9-14)20-16(3)12-19-13-17-7-5-4-6-15(17)2/h4-11H,3,12-13H2,1-2H3/q+1. The van der Waals surface area contributed by atoms with Crippen LogP contribution in [0.3, 0.4) is 0 Å². The monoisotopic (exact) mass is 270 g/mol. The third-order valence-corrected chi connectivity index (χ3v) is 2.99. The molecule has 1 heterocycles. The Balaban J connectivity index is 1.78. The lowest BCUT2D eigenvalue weighted by Crippen LogP contribution is -2.41. The first-order valence-electron chi connectivity index (χ1n) is 6.61. The van der Waals surface area contributed by atoms with E-state index in [1.54, 1.807) is 4.73 Å². The quantitative estimate of drug-likeness (QED) is 0.595. The third-order valence-electron chi connectivity index (χ3n) is 2.99. The van der Waals surface area contributed by atoms with Crippen molar-refractivity contribution >= 4 is 0 Å². The van der Waals surface area contributed by atoms with Crippen LogP contribution in [0, 0.1) is 13.8 Å². The minimum Gasteiger partial charge on any atom is -0.369 e. The molecule has 1 aromatic carbocycles. The van der Waals surface area contributed by atoms with E-state index in [2.05, 4.69) is 25.6 Å². The first kappa shape index (κ1) is 14.3. The predicted molar refractivity (Wildman–Crippen MR) is 77.9 cm³/mol. The van der Waals surface area contributed by atoms with E-state index in [9.17, 15) is 0 Å². The summed E-state index contributed by atoms with van der Waals surface area (Å²) in [6.07, 6.45) is 3.70. The molecule has 0 saturated heterocycles. The van der Waals surface area contributed by atoms with E-state index in [1.165, 1.54) is 16.7 Å². The summed E-state index contributed by atoms with van der Waals surface area (Å²) < 4.78 is 7.24. The molecule has 1 aromatic heterocycles. The van der Waals surface area contributed by atoms with Crippen molar-refractivity contribution < 1.29 is 14.3 Å². The van der Waals surface area contributed by atoms with Gasteiger partial charge in [-0.05, 0) is 30.5 Å². The predicted octanol–water partition coefficient (Wildman–Crippen LogP) is 2.75. The van der Waals surface area contributed by atoms with Crippen molar-refractivity contribution in [1.29, 1.82) is 0 Å². The molecular weight excluding hydrogens is 250 g/mol. The molecule has 3 heteroatoms. The van der Waals surface area contributed by atoms with Gasteiger partial charge in [0, 0.05) is 16.9 Å². The van der Waals surface area contributed by atoms with Crippen LogP contribution in [0.15, 0.2) is 61.1 Å². The molecule has 0 fully saturated rings. The molecule has 0 bridgehead atoms. The van der Waals surface area contributed by atoms with Gasteiger partial charge in [-0.25, -0.2) is 4.84 Å². The van der Waals surface area contributed by atoms with Gasteiger partial charge in [0.15, 0.2) is 5.76 Å². The van der Waals surface area contributed by atoms with Crippen LogP contribution >= 0.6 is 0 Å². The van der Waals surface area contributed by atoms with Crippen molar-refractivity contribution in [3.8, 4) is 0 Å². The molecular formula is C17H20NO2+. The Morgan fingerprint density at radius 3 is 2.50 bits per heavy atom. The van der Waals surface area contributed by atoms with Crippen LogP contribution in [0.2, 0.25) is 0 Å². The summed E-state index contributed by atoms with van der Waals surface area (Å²) in [7, 11) is 0. The van der Waals surface area contributed by atoms with E-state index in [1.807, 2.05) is 43.6 Å². The van der Waals surface area contributed by atoms with Gasteiger partial charge in [0.05, 0.1) is 6.61 Å². The Labute approximate surface area is 120 Å². The lowest BCUT2D eigenvalue weighted by atomic mass is 10.1. The molecule has 0 unspecified atom stereocenters. The van der Waals surface area contributed by atoms with Gasteiger partial charge in [-0.1, -0.05) is 30.8 Å². The molecule has 0 aliphatic carbocycles. The van der Waals surface area contributed by atoms with Crippen molar-refractivity contribution in [2.75, 3.05) is 6.61 Å². The van der Waals surface area contributed by atoms with Crippen LogP contribution in [0.1, 0.15) is 16.7 Å². The van der Waals surface area contributed by atoms with Gasteiger partial charge in [-0.3, -0.25) is 0 Å². The zero-order valence-corrected chi connectivity index (χ0v) is 12.0. The van der Waals surface area contributed by atoms with Gasteiger partial charge in [0.1, 0.15) is 6.61 Å². The SMILES string of the molecule is C=C(COCc1ccccc1C)O[n+]1ccc(C)cc1. The first-order valence-corrected chi connectivity index (χ1v) is 6.61. The van der Waals surface area contributed by atoms with Crippen LogP contribution in [0.25, 0.3) is 0 Å². The van der Waals surface area contributed by atoms with E-state index in [4.69, 9.17) is 9.57 Å². The fraction of sp³-hybridized carbons (Fsp3) is 0.235. The molecule has 2 aromatic rings. The fourth-order valence-corrected chi connectivity index (χ4v) is 1.77. The number of aryl methyl sites for hydroxylation is 2. The van der Waals surface area contributed by atoms with Crippen molar-refractivity contribution in [2.45, 2.75) is 20.5 Å². The Morgan fingerprint density at radius 1 is 1.10 bits per heavy atom. The summed E-state index contributed by atoms with van der Waals surface area (Å²) in [6, 6.07) is 12.1. The molecule has 0 amide bonds. The van der Waals surface area contributed by atoms with Crippen molar-refractivity contribution in [2.24, 2.45) is 0 Å². The van der Waals surface area contributed by atoms with Gasteiger partial charge in [-0.15, -0.1) is 0 Å². The van der Waals surface area contributed by atoms with Gasteiger partial charge < -0.3 is 4.74 Å². The number of pyridine rings is 1. The highest BCUT2D eigenvalue weighted by atomic mass is 16.7. The van der Waals surface area contributed by atoms with Crippen LogP contribution in [-0.4, -0.2) is 6.61 Å². The highest BCUT2D eigenvalue weighted by Gasteiger charge is 2.05. The van der Waals surface area contributed by atoms with E-state index in [-0.39, 0.29) is 0 Å². The molecule has 0 aliphatic heterocycles. The maximum absolute atomic E-state index is 5.62. The Bertz CT molecular complexity index is 576. The van der Waals surface area contributed by atoms with Crippen LogP contribution < -0.4 is 9.57 Å². The smallest absolute Gasteiger partial charge is 0.223 e. The van der Waals surface area contributed by atoms with Gasteiger partial charge in [0.25, 0.3) is 0 Å². The Morgan fingerprint density at radius 2 is 1.80 bits per heavy atom. The molecule has 0 aliphatic rings. The second-order valence-corrected chi connectivity index (χ2v) is 4.78. The first-order chi connectivity index (χ1) is 9.65. The summed E-state index contributed by atoms with van der Waals surface area (Å²) in [4.78, 5) is 5.53. The van der Waals surface area contributed by atoms with Gasteiger partial charge in [0.2, 0.25) is 12.4 Å². The van der Waals surface area contributed by atoms with Crippen LogP contribution in [0.4, 0.5) is 0 Å². The highest BCUT2D eigenvalue weighted by Crippen LogP contribution is 2.08. The minimum atomic E-state index is 0.370. The van der Waals surface area contributed by atoms with E-state index < -0.39 is 0 Å². The minimum absolute atomic E-state index is 0.370. The maximum Gasteiger partial charge on any atom is 0.223 e. The van der Waals surface area contributed by atoms with Crippen LogP contribution in [-0.2, 0) is 11.3 Å². The normalized spacial score (nSPS) is 10.3. The van der Waals surface area contributed by atoms with Crippen LogP contribution in [0.5, 0.6) is 0 Å². The number of hydrogen-bond acceptors (Lipinski definition) is 2. The highest BCUT2D eigenvalue weighted by molar-refractivity contribution is 5.24. The van der Waals surface area contributed by atoms with Crippen molar-refractivity contribution in [3.05, 3.63) is 77.8 Å². The van der Waals surface area contributed by atoms with Gasteiger partial charge in [-0.2, -0.15) is 0 Å². The zero-order valence-electron chi connectivity index (χ0n) is 12.0. The largest absolute Gasteiger partial charge is 0.369 e. The van der Waals surface area contributed by atoms with E-state index in [0.29, 0.717) is 19.0 Å².